The molecule has 0 saturated heterocycles. The predicted octanol–water partition coefficient (Wildman–Crippen LogP) is 5.68. The van der Waals surface area contributed by atoms with Gasteiger partial charge in [0.25, 0.3) is 0 Å². The summed E-state index contributed by atoms with van der Waals surface area (Å²) in [6.07, 6.45) is 1.79. The predicted molar refractivity (Wildman–Crippen MR) is 111 cm³/mol. The van der Waals surface area contributed by atoms with Crippen molar-refractivity contribution in [3.05, 3.63) is 59.4 Å². The summed E-state index contributed by atoms with van der Waals surface area (Å²) in [6.45, 7) is -0.00376. The lowest BCUT2D eigenvalue weighted by Crippen LogP contribution is -2.30. The molecule has 138 valence electrons. The Kier molecular flexibility index (Phi) is 2.73. The maximum Gasteiger partial charge on any atom is 0.227 e. The van der Waals surface area contributed by atoms with E-state index in [0.29, 0.717) is 17.0 Å². The number of hydrogen-bond donors (Lipinski definition) is 0. The molecule has 0 amide bonds. The first kappa shape index (κ1) is 11.9. The van der Waals surface area contributed by atoms with E-state index in [-0.39, 0.29) is 6.42 Å². The summed E-state index contributed by atoms with van der Waals surface area (Å²) in [7, 11) is 1.98. The van der Waals surface area contributed by atoms with E-state index in [1.165, 1.54) is 6.92 Å². The Bertz CT molecular complexity index is 1350. The van der Waals surface area contributed by atoms with Gasteiger partial charge >= 0.3 is 0 Å². The molecule has 0 unspecified atom stereocenters. The van der Waals surface area contributed by atoms with Crippen LogP contribution in [0.2, 0.25) is 0 Å². The van der Waals surface area contributed by atoms with Crippen LogP contribution in [0.25, 0.3) is 33.3 Å². The van der Waals surface area contributed by atoms with Crippen LogP contribution >= 0.6 is 0 Å². The number of fused-ring (bicyclic) bond motifs is 3. The Labute approximate surface area is 169 Å². The molecule has 4 aromatic rings. The minimum atomic E-state index is -2.67. The number of nitrogens with zero attached hydrogens (tertiary/aromatic N) is 2. The van der Waals surface area contributed by atoms with E-state index in [1.54, 1.807) is 6.07 Å². The van der Waals surface area contributed by atoms with Crippen molar-refractivity contribution in [2.75, 3.05) is 0 Å². The van der Waals surface area contributed by atoms with Crippen molar-refractivity contribution in [3.63, 3.8) is 0 Å². The molecule has 27 heavy (non-hydrogen) atoms. The highest BCUT2D eigenvalue weighted by molar-refractivity contribution is 6.08. The number of aryl methyl sites for hydroxylation is 3. The van der Waals surface area contributed by atoms with Gasteiger partial charge in [0.2, 0.25) is 11.4 Å². The molecule has 0 fully saturated rings. The smallest absolute Gasteiger partial charge is 0.227 e. The summed E-state index contributed by atoms with van der Waals surface area (Å²) in [6, 6.07) is 11.7. The first-order valence-corrected chi connectivity index (χ1v) is 9.01. The van der Waals surface area contributed by atoms with E-state index in [9.17, 15) is 0 Å². The monoisotopic (exact) mass is 365 g/mol. The van der Waals surface area contributed by atoms with Crippen LogP contribution < -0.4 is 4.57 Å². The molecule has 0 N–H and O–H groups in total. The maximum atomic E-state index is 7.85. The first-order chi connectivity index (χ1) is 15.2. The minimum Gasteiger partial charge on any atom is -0.437 e. The van der Waals surface area contributed by atoms with Gasteiger partial charge < -0.3 is 4.42 Å². The normalized spacial score (nSPS) is 16.4. The van der Waals surface area contributed by atoms with Gasteiger partial charge in [-0.2, -0.15) is 0 Å². The highest BCUT2D eigenvalue weighted by Gasteiger charge is 2.21. The van der Waals surface area contributed by atoms with Crippen LogP contribution in [0.5, 0.6) is 0 Å². The van der Waals surface area contributed by atoms with Crippen molar-refractivity contribution in [2.24, 2.45) is 12.5 Å². The van der Waals surface area contributed by atoms with Crippen molar-refractivity contribution in [1.29, 1.82) is 0 Å². The zero-order valence-electron chi connectivity index (χ0n) is 22.1. The second-order valence-electron chi connectivity index (χ2n) is 7.60. The topological polar surface area (TPSA) is 29.9 Å². The molecule has 4 rings (SSSR count). The van der Waals surface area contributed by atoms with Crippen LogP contribution in [0.1, 0.15) is 45.7 Å². The van der Waals surface area contributed by atoms with E-state index < -0.39 is 19.1 Å². The quantitative estimate of drug-likeness (QED) is 0.428. The Balaban J connectivity index is 1.90. The van der Waals surface area contributed by atoms with Crippen LogP contribution in [-0.2, 0) is 13.5 Å². The van der Waals surface area contributed by atoms with E-state index in [1.807, 2.05) is 55.9 Å². The fraction of sp³-hybridized carbons (Fsp3) is 0.333. The van der Waals surface area contributed by atoms with Gasteiger partial charge in [0, 0.05) is 36.8 Å². The molecule has 0 aliphatic carbocycles. The second-order valence-corrected chi connectivity index (χ2v) is 7.60. The summed E-state index contributed by atoms with van der Waals surface area (Å²) >= 11 is 0. The number of benzene rings is 1. The SMILES string of the molecule is [2H]C([2H])([2H])C(C)(Cc1ccc2c(n1)oc1c(-c3cc(C)cc[n+]3C)c(C)ccc12)C([2H])([2H])[2H]. The molecule has 0 atom stereocenters. The van der Waals surface area contributed by atoms with Gasteiger partial charge in [0.05, 0.1) is 5.56 Å². The molecule has 0 aliphatic rings. The number of furan rings is 1. The third kappa shape index (κ3) is 3.23. The van der Waals surface area contributed by atoms with Gasteiger partial charge in [-0.15, -0.1) is 0 Å². The molecule has 0 radical (unpaired) electrons. The van der Waals surface area contributed by atoms with E-state index in [2.05, 4.69) is 11.1 Å². The molecule has 3 heteroatoms. The van der Waals surface area contributed by atoms with Crippen molar-refractivity contribution in [2.45, 2.75) is 40.9 Å². The largest absolute Gasteiger partial charge is 0.437 e. The Hall–Kier alpha value is -2.68. The minimum absolute atomic E-state index is 0.217. The summed E-state index contributed by atoms with van der Waals surface area (Å²) in [5.74, 6) is 0. The molecular formula is C24H27N2O+. The average molecular weight is 366 g/mol. The van der Waals surface area contributed by atoms with Crippen molar-refractivity contribution < 1.29 is 17.2 Å². The molecule has 1 aromatic carbocycles. The average Bonchev–Trinajstić information content (AvgIpc) is 3.06. The van der Waals surface area contributed by atoms with E-state index in [4.69, 9.17) is 12.6 Å². The first-order valence-electron chi connectivity index (χ1n) is 12.0. The molecule has 0 spiro atoms. The van der Waals surface area contributed by atoms with Crippen LogP contribution in [0, 0.1) is 19.3 Å². The summed E-state index contributed by atoms with van der Waals surface area (Å²) in [5, 5.41) is 1.70. The summed E-state index contributed by atoms with van der Waals surface area (Å²) in [5.41, 5.74) is 3.67. The molecule has 0 bridgehead atoms. The van der Waals surface area contributed by atoms with Crippen LogP contribution in [-0.4, -0.2) is 4.98 Å². The number of aromatic nitrogens is 2. The molecule has 0 aliphatic heterocycles. The highest BCUT2D eigenvalue weighted by Crippen LogP contribution is 2.36. The number of pyridine rings is 2. The summed E-state index contributed by atoms with van der Waals surface area (Å²) < 4.78 is 55.3. The van der Waals surface area contributed by atoms with Crippen molar-refractivity contribution >= 4 is 22.1 Å². The Morgan fingerprint density at radius 3 is 2.67 bits per heavy atom. The Morgan fingerprint density at radius 1 is 1.11 bits per heavy atom. The molecule has 3 nitrogen and oxygen atoms in total. The van der Waals surface area contributed by atoms with Gasteiger partial charge in [-0.3, -0.25) is 0 Å². The maximum absolute atomic E-state index is 7.85. The van der Waals surface area contributed by atoms with Crippen LogP contribution in [0.15, 0.2) is 47.0 Å². The summed E-state index contributed by atoms with van der Waals surface area (Å²) in [4.78, 5) is 4.56. The van der Waals surface area contributed by atoms with Crippen LogP contribution in [0.3, 0.4) is 0 Å². The van der Waals surface area contributed by atoms with Crippen molar-refractivity contribution in [1.82, 2.24) is 4.98 Å². The fourth-order valence-electron chi connectivity index (χ4n) is 3.56. The lowest BCUT2D eigenvalue weighted by atomic mass is 9.90. The Morgan fingerprint density at radius 2 is 1.89 bits per heavy atom. The van der Waals surface area contributed by atoms with Gasteiger partial charge in [-0.05, 0) is 48.9 Å². The molecule has 0 saturated carbocycles. The third-order valence-electron chi connectivity index (χ3n) is 4.87. The van der Waals surface area contributed by atoms with Gasteiger partial charge in [-0.25, -0.2) is 9.55 Å². The lowest BCUT2D eigenvalue weighted by molar-refractivity contribution is -0.660. The third-order valence-corrected chi connectivity index (χ3v) is 4.87. The zero-order chi connectivity index (χ0) is 24.3. The molecular weight excluding hydrogens is 332 g/mol. The lowest BCUT2D eigenvalue weighted by Gasteiger charge is -2.16. The zero-order valence-corrected chi connectivity index (χ0v) is 16.1. The van der Waals surface area contributed by atoms with Gasteiger partial charge in [-0.1, -0.05) is 32.8 Å². The van der Waals surface area contributed by atoms with E-state index >= 15 is 0 Å². The molecule has 3 heterocycles. The van der Waals surface area contributed by atoms with Gasteiger partial charge in [0.15, 0.2) is 11.8 Å². The highest BCUT2D eigenvalue weighted by atomic mass is 16.3. The molecule has 3 aromatic heterocycles. The number of rotatable bonds is 2. The van der Waals surface area contributed by atoms with Crippen LogP contribution in [0.4, 0.5) is 0 Å². The standard InChI is InChI=1S/C24H27N2O/c1-15-11-12-26(6)20(13-15)21-16(2)7-9-18-19-10-8-17(14-24(3,4)5)25-23(19)27-22(18)21/h7-13H,14H2,1-6H3/q+1/i3D3,4D3. The number of hydrogen-bond acceptors (Lipinski definition) is 2. The van der Waals surface area contributed by atoms with E-state index in [0.717, 1.165) is 33.2 Å². The second kappa shape index (κ2) is 6.19. The van der Waals surface area contributed by atoms with Gasteiger partial charge in [0.1, 0.15) is 7.05 Å². The fourth-order valence-corrected chi connectivity index (χ4v) is 3.56. The van der Waals surface area contributed by atoms with Crippen molar-refractivity contribution in [3.8, 4) is 11.3 Å².